The first-order valence-corrected chi connectivity index (χ1v) is 3.50. The second-order valence-electron chi connectivity index (χ2n) is 2.29. The summed E-state index contributed by atoms with van der Waals surface area (Å²) >= 11 is 0. The van der Waals surface area contributed by atoms with Crippen LogP contribution in [0, 0.1) is 6.92 Å². The summed E-state index contributed by atoms with van der Waals surface area (Å²) in [4.78, 5) is 0. The van der Waals surface area contributed by atoms with Gasteiger partial charge in [0.15, 0.2) is 0 Å². The smallest absolute Gasteiger partial charge is 0.427 e. The van der Waals surface area contributed by atoms with E-state index in [0.717, 1.165) is 0 Å². The highest BCUT2D eigenvalue weighted by Gasteiger charge is 1.86. The summed E-state index contributed by atoms with van der Waals surface area (Å²) in [6, 6.07) is 10.3. The molecule has 0 heterocycles. The number of aryl methyl sites for hydroxylation is 1. The summed E-state index contributed by atoms with van der Waals surface area (Å²) in [6.45, 7) is 3.36. The molecule has 0 aliphatic heterocycles. The van der Waals surface area contributed by atoms with Gasteiger partial charge in [0.25, 0.3) is 0 Å². The van der Waals surface area contributed by atoms with Gasteiger partial charge in [0.1, 0.15) is 0 Å². The zero-order chi connectivity index (χ0) is 8.69. The van der Waals surface area contributed by atoms with E-state index in [0.29, 0.717) is 0 Å². The standard InChI is InChI=1S/C7H8.CH5BO2/c1-7-5-3-2-4-6-7;1-2(3)4/h2-6H,1H3;3-4H,1H3. The first-order valence-electron chi connectivity index (χ1n) is 3.50. The van der Waals surface area contributed by atoms with Crippen molar-refractivity contribution in [3.05, 3.63) is 35.9 Å². The molecule has 0 atom stereocenters. The second-order valence-corrected chi connectivity index (χ2v) is 2.29. The maximum Gasteiger partial charge on any atom is 0.448 e. The van der Waals surface area contributed by atoms with Gasteiger partial charge in [-0.2, -0.15) is 0 Å². The third kappa shape index (κ3) is 9.20. The fourth-order valence-electron chi connectivity index (χ4n) is 0.534. The van der Waals surface area contributed by atoms with Gasteiger partial charge in [0.2, 0.25) is 0 Å². The summed E-state index contributed by atoms with van der Waals surface area (Å²) in [5.74, 6) is 0. The topological polar surface area (TPSA) is 40.5 Å². The van der Waals surface area contributed by atoms with Crippen LogP contribution in [0.5, 0.6) is 0 Å². The van der Waals surface area contributed by atoms with Crippen LogP contribution >= 0.6 is 0 Å². The molecule has 0 aromatic heterocycles. The molecule has 0 spiro atoms. The third-order valence-corrected chi connectivity index (χ3v) is 0.940. The molecule has 0 fully saturated rings. The zero-order valence-corrected chi connectivity index (χ0v) is 6.86. The summed E-state index contributed by atoms with van der Waals surface area (Å²) in [5, 5.41) is 15.2. The molecule has 11 heavy (non-hydrogen) atoms. The number of rotatable bonds is 0. The highest BCUT2D eigenvalue weighted by molar-refractivity contribution is 6.38. The average Bonchev–Trinajstić information content (AvgIpc) is 1.87. The van der Waals surface area contributed by atoms with E-state index >= 15 is 0 Å². The van der Waals surface area contributed by atoms with E-state index in [1.807, 2.05) is 18.2 Å². The highest BCUT2D eigenvalue weighted by atomic mass is 16.4. The van der Waals surface area contributed by atoms with Crippen LogP contribution in [-0.2, 0) is 0 Å². The molecule has 0 bridgehead atoms. The van der Waals surface area contributed by atoms with Crippen LogP contribution in [0.2, 0.25) is 6.82 Å². The first kappa shape index (κ1) is 10.2. The van der Waals surface area contributed by atoms with Gasteiger partial charge >= 0.3 is 7.12 Å². The van der Waals surface area contributed by atoms with Gasteiger partial charge < -0.3 is 10.0 Å². The highest BCUT2D eigenvalue weighted by Crippen LogP contribution is 1.92. The molecule has 3 heteroatoms. The molecular weight excluding hydrogens is 139 g/mol. The first-order chi connectivity index (χ1) is 5.13. The Balaban J connectivity index is 0.000000218. The quantitative estimate of drug-likeness (QED) is 0.546. The SMILES string of the molecule is CB(O)O.Cc1ccccc1. The van der Waals surface area contributed by atoms with Crippen molar-refractivity contribution in [2.45, 2.75) is 13.7 Å². The van der Waals surface area contributed by atoms with Crippen molar-refractivity contribution in [3.8, 4) is 0 Å². The minimum Gasteiger partial charge on any atom is -0.427 e. The van der Waals surface area contributed by atoms with Crippen LogP contribution in [-0.4, -0.2) is 17.2 Å². The molecule has 60 valence electrons. The van der Waals surface area contributed by atoms with E-state index in [2.05, 4.69) is 19.1 Å². The fraction of sp³-hybridized carbons (Fsp3) is 0.250. The largest absolute Gasteiger partial charge is 0.448 e. The normalized spacial score (nSPS) is 8.00. The molecule has 0 saturated carbocycles. The number of hydrogen-bond acceptors (Lipinski definition) is 2. The summed E-state index contributed by atoms with van der Waals surface area (Å²) in [6.07, 6.45) is 0. The van der Waals surface area contributed by atoms with Crippen molar-refractivity contribution in [1.29, 1.82) is 0 Å². The third-order valence-electron chi connectivity index (χ3n) is 0.940. The van der Waals surface area contributed by atoms with Crippen molar-refractivity contribution >= 4 is 7.12 Å². The molecule has 0 radical (unpaired) electrons. The number of benzene rings is 1. The predicted octanol–water partition coefficient (Wildman–Crippen LogP) is 1.08. The zero-order valence-electron chi connectivity index (χ0n) is 6.86. The lowest BCUT2D eigenvalue weighted by atomic mass is 9.99. The van der Waals surface area contributed by atoms with Crippen LogP contribution in [0.1, 0.15) is 5.56 Å². The Bertz CT molecular complexity index is 172. The van der Waals surface area contributed by atoms with Crippen molar-refractivity contribution < 1.29 is 10.0 Å². The Hall–Kier alpha value is -0.795. The summed E-state index contributed by atoms with van der Waals surface area (Å²) in [7, 11) is -1.17. The lowest BCUT2D eigenvalue weighted by Crippen LogP contribution is -2.00. The molecule has 0 saturated heterocycles. The monoisotopic (exact) mass is 152 g/mol. The van der Waals surface area contributed by atoms with E-state index in [9.17, 15) is 0 Å². The molecule has 2 N–H and O–H groups in total. The van der Waals surface area contributed by atoms with Gasteiger partial charge in [-0.05, 0) is 13.7 Å². The molecule has 1 rings (SSSR count). The van der Waals surface area contributed by atoms with E-state index in [4.69, 9.17) is 10.0 Å². The molecule has 1 aromatic carbocycles. The van der Waals surface area contributed by atoms with Crippen molar-refractivity contribution in [2.75, 3.05) is 0 Å². The fourth-order valence-corrected chi connectivity index (χ4v) is 0.534. The average molecular weight is 152 g/mol. The lowest BCUT2D eigenvalue weighted by molar-refractivity contribution is 0.417. The van der Waals surface area contributed by atoms with Gasteiger partial charge in [-0.15, -0.1) is 0 Å². The Labute approximate surface area is 67.6 Å². The molecule has 0 aliphatic rings. The van der Waals surface area contributed by atoms with Gasteiger partial charge in [0, 0.05) is 0 Å². The van der Waals surface area contributed by atoms with Gasteiger partial charge in [-0.25, -0.2) is 0 Å². The minimum atomic E-state index is -1.17. The van der Waals surface area contributed by atoms with Crippen LogP contribution in [0.4, 0.5) is 0 Å². The molecule has 1 aromatic rings. The molecule has 0 aliphatic carbocycles. The maximum atomic E-state index is 7.61. The van der Waals surface area contributed by atoms with Crippen molar-refractivity contribution in [1.82, 2.24) is 0 Å². The summed E-state index contributed by atoms with van der Waals surface area (Å²) in [5.41, 5.74) is 1.32. The van der Waals surface area contributed by atoms with Crippen LogP contribution in [0.25, 0.3) is 0 Å². The molecule has 2 nitrogen and oxygen atoms in total. The van der Waals surface area contributed by atoms with Gasteiger partial charge in [-0.3, -0.25) is 0 Å². The lowest BCUT2D eigenvalue weighted by Gasteiger charge is -1.82. The minimum absolute atomic E-state index is 1.17. The van der Waals surface area contributed by atoms with Crippen molar-refractivity contribution in [3.63, 3.8) is 0 Å². The molecule has 0 amide bonds. The van der Waals surface area contributed by atoms with E-state index in [1.54, 1.807) is 0 Å². The van der Waals surface area contributed by atoms with Crippen molar-refractivity contribution in [2.24, 2.45) is 0 Å². The van der Waals surface area contributed by atoms with Crippen LogP contribution in [0.3, 0.4) is 0 Å². The number of hydrogen-bond donors (Lipinski definition) is 2. The van der Waals surface area contributed by atoms with E-state index in [1.165, 1.54) is 12.4 Å². The maximum absolute atomic E-state index is 7.61. The molecule has 0 unspecified atom stereocenters. The van der Waals surface area contributed by atoms with Gasteiger partial charge in [-0.1, -0.05) is 35.9 Å². The Kier molecular flexibility index (Phi) is 5.52. The van der Waals surface area contributed by atoms with E-state index < -0.39 is 7.12 Å². The Morgan fingerprint density at radius 3 is 1.64 bits per heavy atom. The second kappa shape index (κ2) is 5.95. The predicted molar refractivity (Wildman–Crippen MR) is 47.2 cm³/mol. The van der Waals surface area contributed by atoms with Crippen LogP contribution < -0.4 is 0 Å². The Morgan fingerprint density at radius 2 is 1.45 bits per heavy atom. The Morgan fingerprint density at radius 1 is 1.09 bits per heavy atom. The molecular formula is C8H13BO2. The summed E-state index contributed by atoms with van der Waals surface area (Å²) < 4.78 is 0. The van der Waals surface area contributed by atoms with E-state index in [-0.39, 0.29) is 0 Å². The van der Waals surface area contributed by atoms with Gasteiger partial charge in [0.05, 0.1) is 0 Å². The van der Waals surface area contributed by atoms with Crippen LogP contribution in [0.15, 0.2) is 30.3 Å².